The Morgan fingerprint density at radius 2 is 2.40 bits per heavy atom. The fourth-order valence-corrected chi connectivity index (χ4v) is 0.386. The van der Waals surface area contributed by atoms with Gasteiger partial charge in [0.25, 0.3) is 5.82 Å². The minimum absolute atomic E-state index is 0. The third kappa shape index (κ3) is 1.86. The van der Waals surface area contributed by atoms with Crippen molar-refractivity contribution in [1.82, 2.24) is 10.1 Å². The number of hydrogen-bond acceptors (Lipinski definition) is 4. The van der Waals surface area contributed by atoms with Crippen molar-refractivity contribution in [2.75, 3.05) is 0 Å². The quantitative estimate of drug-likeness (QED) is 0.422. The first kappa shape index (κ1) is 9.21. The molecule has 0 aliphatic rings. The molecule has 1 aromatic rings. The van der Waals surface area contributed by atoms with E-state index < -0.39 is 5.97 Å². The van der Waals surface area contributed by atoms with Crippen molar-refractivity contribution in [3.8, 4) is 0 Å². The van der Waals surface area contributed by atoms with Gasteiger partial charge >= 0.3 is 24.8 Å². The number of carboxylic acids is 1. The molecule has 0 radical (unpaired) electrons. The molecule has 0 aliphatic carbocycles. The van der Waals surface area contributed by atoms with Gasteiger partial charge in [0.1, 0.15) is 0 Å². The first-order chi connectivity index (χ1) is 4.20. The molecular formula is C4H5LiN2O3. The van der Waals surface area contributed by atoms with Crippen LogP contribution >= 0.6 is 0 Å². The number of carboxylic acid groups (broad SMARTS) is 1. The van der Waals surface area contributed by atoms with E-state index in [2.05, 4.69) is 14.7 Å². The largest absolute Gasteiger partial charge is 1.00 e. The van der Waals surface area contributed by atoms with Crippen LogP contribution in [0.3, 0.4) is 0 Å². The molecule has 0 atom stereocenters. The monoisotopic (exact) mass is 136 g/mol. The zero-order valence-electron chi connectivity index (χ0n) is 6.66. The van der Waals surface area contributed by atoms with Gasteiger partial charge in [-0.2, -0.15) is 4.98 Å². The van der Waals surface area contributed by atoms with Crippen molar-refractivity contribution in [3.05, 3.63) is 11.7 Å². The molecule has 0 unspecified atom stereocenters. The van der Waals surface area contributed by atoms with Crippen LogP contribution in [0.4, 0.5) is 0 Å². The molecule has 0 fully saturated rings. The molecule has 50 valence electrons. The second-order valence-electron chi connectivity index (χ2n) is 1.44. The summed E-state index contributed by atoms with van der Waals surface area (Å²) in [6, 6.07) is 0. The minimum Gasteiger partial charge on any atom is -1.00 e. The molecule has 0 bridgehead atoms. The normalized spacial score (nSPS) is 8.50. The van der Waals surface area contributed by atoms with E-state index >= 15 is 0 Å². The summed E-state index contributed by atoms with van der Waals surface area (Å²) < 4.78 is 4.38. The van der Waals surface area contributed by atoms with Gasteiger partial charge in [0, 0.05) is 6.92 Å². The summed E-state index contributed by atoms with van der Waals surface area (Å²) in [5.41, 5.74) is 0. The SMILES string of the molecule is Cc1nc(C(=O)O)no1.[H-].[Li+]. The van der Waals surface area contributed by atoms with Crippen LogP contribution in [0.2, 0.25) is 0 Å². The summed E-state index contributed by atoms with van der Waals surface area (Å²) in [5, 5.41) is 11.3. The number of aromatic carboxylic acids is 1. The predicted molar refractivity (Wildman–Crippen MR) is 27.1 cm³/mol. The fourth-order valence-electron chi connectivity index (χ4n) is 0.386. The summed E-state index contributed by atoms with van der Waals surface area (Å²) in [6.07, 6.45) is 0. The molecule has 0 spiro atoms. The van der Waals surface area contributed by atoms with E-state index in [-0.39, 0.29) is 32.0 Å². The molecule has 0 amide bonds. The molecule has 1 aromatic heterocycles. The maximum absolute atomic E-state index is 10.0. The third-order valence-electron chi connectivity index (χ3n) is 0.719. The maximum atomic E-state index is 10.0. The first-order valence-corrected chi connectivity index (χ1v) is 2.24. The van der Waals surface area contributed by atoms with E-state index in [4.69, 9.17) is 5.11 Å². The summed E-state index contributed by atoms with van der Waals surface area (Å²) in [6.45, 7) is 1.53. The Kier molecular flexibility index (Phi) is 3.13. The zero-order valence-corrected chi connectivity index (χ0v) is 5.66. The Bertz CT molecular complexity index is 239. The molecule has 0 aliphatic heterocycles. The molecule has 0 aromatic carbocycles. The average molecular weight is 136 g/mol. The average Bonchev–Trinajstić information content (AvgIpc) is 2.14. The Morgan fingerprint density at radius 1 is 1.80 bits per heavy atom. The molecule has 0 saturated carbocycles. The van der Waals surface area contributed by atoms with E-state index in [1.54, 1.807) is 0 Å². The van der Waals surface area contributed by atoms with Crippen LogP contribution in [-0.4, -0.2) is 21.2 Å². The van der Waals surface area contributed by atoms with Crippen molar-refractivity contribution >= 4 is 5.97 Å². The second-order valence-corrected chi connectivity index (χ2v) is 1.44. The molecule has 0 saturated heterocycles. The maximum Gasteiger partial charge on any atom is 1.00 e. The van der Waals surface area contributed by atoms with Crippen molar-refractivity contribution in [1.29, 1.82) is 0 Å². The van der Waals surface area contributed by atoms with E-state index in [0.29, 0.717) is 0 Å². The summed E-state index contributed by atoms with van der Waals surface area (Å²) in [7, 11) is 0. The van der Waals surface area contributed by atoms with E-state index in [1.807, 2.05) is 0 Å². The Hall–Kier alpha value is -0.793. The van der Waals surface area contributed by atoms with Crippen LogP contribution in [0.15, 0.2) is 4.52 Å². The van der Waals surface area contributed by atoms with Crippen molar-refractivity contribution in [2.45, 2.75) is 6.92 Å². The topological polar surface area (TPSA) is 76.2 Å². The number of nitrogens with zero attached hydrogens (tertiary/aromatic N) is 2. The number of aryl methyl sites for hydroxylation is 1. The standard InChI is InChI=1S/C4H4N2O3.Li.H/c1-2-5-3(4(7)8)6-9-2;;/h1H3,(H,7,8);;/q;+1;-1. The number of hydrogen-bond donors (Lipinski definition) is 1. The van der Waals surface area contributed by atoms with Gasteiger partial charge in [-0.15, -0.1) is 0 Å². The smallest absolute Gasteiger partial charge is 1.00 e. The third-order valence-corrected chi connectivity index (χ3v) is 0.719. The van der Waals surface area contributed by atoms with Crippen LogP contribution in [-0.2, 0) is 0 Å². The summed E-state index contributed by atoms with van der Waals surface area (Å²) in [5.74, 6) is -1.22. The molecule has 1 rings (SSSR count). The molecule has 1 heterocycles. The van der Waals surface area contributed by atoms with Gasteiger partial charge in [0.15, 0.2) is 0 Å². The fraction of sp³-hybridized carbons (Fsp3) is 0.250. The predicted octanol–water partition coefficient (Wildman–Crippen LogP) is -2.81. The van der Waals surface area contributed by atoms with E-state index in [1.165, 1.54) is 6.92 Å². The van der Waals surface area contributed by atoms with Crippen LogP contribution in [0.25, 0.3) is 0 Å². The van der Waals surface area contributed by atoms with Crippen molar-refractivity contribution in [3.63, 3.8) is 0 Å². The number of carbonyl (C=O) groups is 1. The van der Waals surface area contributed by atoms with Gasteiger partial charge in [-0.25, -0.2) is 4.79 Å². The molecule has 1 N–H and O–H groups in total. The van der Waals surface area contributed by atoms with Crippen molar-refractivity contribution in [2.24, 2.45) is 0 Å². The van der Waals surface area contributed by atoms with Crippen LogP contribution in [0, 0.1) is 6.92 Å². The Balaban J connectivity index is 0. The zero-order chi connectivity index (χ0) is 6.85. The summed E-state index contributed by atoms with van der Waals surface area (Å²) >= 11 is 0. The van der Waals surface area contributed by atoms with Gasteiger partial charge in [-0.1, -0.05) is 0 Å². The van der Waals surface area contributed by atoms with Crippen molar-refractivity contribution < 1.29 is 34.7 Å². The number of rotatable bonds is 1. The van der Waals surface area contributed by atoms with E-state index in [9.17, 15) is 4.79 Å². The molecule has 6 heteroatoms. The molecular weight excluding hydrogens is 131 g/mol. The molecule has 10 heavy (non-hydrogen) atoms. The minimum atomic E-state index is -1.17. The Morgan fingerprint density at radius 3 is 2.60 bits per heavy atom. The van der Waals surface area contributed by atoms with Gasteiger partial charge in [-0.3, -0.25) is 0 Å². The molecule has 5 nitrogen and oxygen atoms in total. The van der Waals surface area contributed by atoms with Gasteiger partial charge < -0.3 is 11.1 Å². The van der Waals surface area contributed by atoms with Gasteiger partial charge in [0.2, 0.25) is 5.89 Å². The van der Waals surface area contributed by atoms with Gasteiger partial charge in [0.05, 0.1) is 0 Å². The van der Waals surface area contributed by atoms with Crippen LogP contribution in [0.1, 0.15) is 17.9 Å². The van der Waals surface area contributed by atoms with Crippen LogP contribution in [0.5, 0.6) is 0 Å². The summed E-state index contributed by atoms with van der Waals surface area (Å²) in [4.78, 5) is 13.5. The van der Waals surface area contributed by atoms with Crippen LogP contribution < -0.4 is 18.9 Å². The van der Waals surface area contributed by atoms with Gasteiger partial charge in [-0.05, 0) is 5.16 Å². The Labute approximate surface area is 70.1 Å². The van der Waals surface area contributed by atoms with E-state index in [0.717, 1.165) is 0 Å². The number of aromatic nitrogens is 2. The first-order valence-electron chi connectivity index (χ1n) is 2.24. The second kappa shape index (κ2) is 3.39.